The van der Waals surface area contributed by atoms with E-state index < -0.39 is 5.91 Å². The lowest BCUT2D eigenvalue weighted by molar-refractivity contribution is 0.0929. The van der Waals surface area contributed by atoms with Gasteiger partial charge in [-0.05, 0) is 72.2 Å². The number of hydrazone groups is 1. The van der Waals surface area contributed by atoms with E-state index in [1.165, 1.54) is 0 Å². The Hall–Kier alpha value is -2.06. The Labute approximate surface area is 205 Å². The van der Waals surface area contributed by atoms with Crippen LogP contribution in [-0.4, -0.2) is 16.7 Å². The van der Waals surface area contributed by atoms with E-state index in [1.54, 1.807) is 24.4 Å². The molecule has 9 heteroatoms. The highest BCUT2D eigenvalue weighted by Crippen LogP contribution is 2.31. The quantitative estimate of drug-likeness (QED) is 0.200. The summed E-state index contributed by atoms with van der Waals surface area (Å²) in [7, 11) is 0. The van der Waals surface area contributed by atoms with Crippen molar-refractivity contribution in [1.82, 2.24) is 9.99 Å². The van der Waals surface area contributed by atoms with E-state index in [2.05, 4.69) is 42.4 Å². The van der Waals surface area contributed by atoms with E-state index >= 15 is 0 Å². The molecular formula is C22H15Br2Cl2N3O2. The van der Waals surface area contributed by atoms with Crippen LogP contribution in [0.4, 0.5) is 0 Å². The van der Waals surface area contributed by atoms with Gasteiger partial charge in [-0.1, -0.05) is 39.1 Å². The zero-order chi connectivity index (χ0) is 22.3. The van der Waals surface area contributed by atoms with Gasteiger partial charge in [-0.15, -0.1) is 0 Å². The van der Waals surface area contributed by atoms with Crippen molar-refractivity contribution in [3.05, 3.63) is 84.2 Å². The Morgan fingerprint density at radius 1 is 1.13 bits per heavy atom. The highest BCUT2D eigenvalue weighted by Gasteiger charge is 2.15. The molecule has 5 nitrogen and oxygen atoms in total. The van der Waals surface area contributed by atoms with Gasteiger partial charge >= 0.3 is 5.91 Å². The van der Waals surface area contributed by atoms with Gasteiger partial charge in [0.05, 0.1) is 21.4 Å². The van der Waals surface area contributed by atoms with Crippen molar-refractivity contribution in [1.29, 1.82) is 0 Å². The number of furan rings is 1. The number of nitrogens with one attached hydrogen (secondary N) is 1. The fourth-order valence-electron chi connectivity index (χ4n) is 3.35. The number of hydrogen-bond acceptors (Lipinski definition) is 3. The molecule has 0 fully saturated rings. The molecular weight excluding hydrogens is 569 g/mol. The van der Waals surface area contributed by atoms with Crippen LogP contribution in [0, 0.1) is 13.8 Å². The number of amides is 1. The van der Waals surface area contributed by atoms with Gasteiger partial charge in [0.15, 0.2) is 5.76 Å². The average Bonchev–Trinajstić information content (AvgIpc) is 3.24. The number of carbonyl (C=O) groups is 1. The molecule has 0 aliphatic heterocycles. The highest BCUT2D eigenvalue weighted by atomic mass is 79.9. The third kappa shape index (κ3) is 4.46. The molecule has 0 aliphatic rings. The Bertz CT molecular complexity index is 1360. The number of hydrogen-bond donors (Lipinski definition) is 1. The molecule has 0 spiro atoms. The van der Waals surface area contributed by atoms with E-state index in [-0.39, 0.29) is 5.76 Å². The molecule has 0 aliphatic carbocycles. The van der Waals surface area contributed by atoms with Gasteiger partial charge in [0, 0.05) is 31.8 Å². The predicted molar refractivity (Wildman–Crippen MR) is 132 cm³/mol. The first kappa shape index (κ1) is 22.1. The molecule has 2 heterocycles. The molecule has 0 atom stereocenters. The van der Waals surface area contributed by atoms with Crippen molar-refractivity contribution in [2.24, 2.45) is 5.10 Å². The van der Waals surface area contributed by atoms with Gasteiger partial charge in [-0.2, -0.15) is 5.10 Å². The lowest BCUT2D eigenvalue weighted by atomic mass is 10.2. The van der Waals surface area contributed by atoms with E-state index in [4.69, 9.17) is 27.6 Å². The molecule has 158 valence electrons. The second kappa shape index (κ2) is 8.82. The third-order valence-electron chi connectivity index (χ3n) is 4.75. The summed E-state index contributed by atoms with van der Waals surface area (Å²) < 4.78 is 9.31. The number of fused-ring (bicyclic) bond motifs is 1. The minimum absolute atomic E-state index is 0.171. The summed E-state index contributed by atoms with van der Waals surface area (Å²) >= 11 is 19.2. The number of benzene rings is 2. The van der Waals surface area contributed by atoms with Crippen molar-refractivity contribution >= 4 is 78.2 Å². The number of nitrogens with zero attached hydrogens (tertiary/aromatic N) is 2. The zero-order valence-electron chi connectivity index (χ0n) is 16.3. The standard InChI is InChI=1S/C22H15Br2Cl2N3O2/c1-11-5-14(12(2)29(11)19-4-3-16(25)9-18(19)26)10-27-28-22(30)20-7-13-6-15(23)8-17(24)21(13)31-20/h3-10H,1-2H3,(H,28,30)/b27-10-. The lowest BCUT2D eigenvalue weighted by Crippen LogP contribution is -2.16. The molecule has 2 aromatic carbocycles. The molecule has 0 radical (unpaired) electrons. The van der Waals surface area contributed by atoms with Crippen LogP contribution < -0.4 is 5.43 Å². The molecule has 1 amide bonds. The van der Waals surface area contributed by atoms with Crippen LogP contribution in [0.2, 0.25) is 10.0 Å². The minimum atomic E-state index is -0.440. The van der Waals surface area contributed by atoms with Crippen molar-refractivity contribution in [2.45, 2.75) is 13.8 Å². The van der Waals surface area contributed by atoms with Crippen LogP contribution in [0.5, 0.6) is 0 Å². The fourth-order valence-corrected chi connectivity index (χ4v) is 5.19. The van der Waals surface area contributed by atoms with Crippen molar-refractivity contribution < 1.29 is 9.21 Å². The van der Waals surface area contributed by atoms with Crippen LogP contribution in [-0.2, 0) is 0 Å². The monoisotopic (exact) mass is 581 g/mol. The second-order valence-corrected chi connectivity index (χ2v) is 9.49. The van der Waals surface area contributed by atoms with E-state index in [0.29, 0.717) is 15.6 Å². The minimum Gasteiger partial charge on any atom is -0.450 e. The van der Waals surface area contributed by atoms with Crippen LogP contribution >= 0.6 is 55.1 Å². The van der Waals surface area contributed by atoms with Crippen LogP contribution in [0.25, 0.3) is 16.7 Å². The number of rotatable bonds is 4. The maximum Gasteiger partial charge on any atom is 0.307 e. The first-order valence-corrected chi connectivity index (χ1v) is 11.4. The summed E-state index contributed by atoms with van der Waals surface area (Å²) in [6.07, 6.45) is 1.59. The summed E-state index contributed by atoms with van der Waals surface area (Å²) in [6, 6.07) is 12.7. The predicted octanol–water partition coefficient (Wildman–Crippen LogP) is 7.44. The Morgan fingerprint density at radius 3 is 2.65 bits per heavy atom. The van der Waals surface area contributed by atoms with E-state index in [0.717, 1.165) is 37.0 Å². The Kier molecular flexibility index (Phi) is 6.30. The van der Waals surface area contributed by atoms with E-state index in [1.807, 2.05) is 42.7 Å². The molecule has 4 rings (SSSR count). The molecule has 4 aromatic rings. The highest BCUT2D eigenvalue weighted by molar-refractivity contribution is 9.11. The SMILES string of the molecule is Cc1cc(/C=N\NC(=O)c2cc3cc(Br)cc(Br)c3o2)c(C)n1-c1ccc(Cl)cc1Cl. The van der Waals surface area contributed by atoms with Gasteiger partial charge in [0.2, 0.25) is 0 Å². The fraction of sp³-hybridized carbons (Fsp3) is 0.0909. The second-order valence-electron chi connectivity index (χ2n) is 6.87. The number of carbonyl (C=O) groups excluding carboxylic acids is 1. The number of aryl methyl sites for hydroxylation is 1. The third-order valence-corrected chi connectivity index (χ3v) is 6.33. The average molecular weight is 584 g/mol. The summed E-state index contributed by atoms with van der Waals surface area (Å²) in [5.74, 6) is -0.269. The summed E-state index contributed by atoms with van der Waals surface area (Å²) in [5, 5.41) is 6.03. The van der Waals surface area contributed by atoms with Crippen molar-refractivity contribution in [2.75, 3.05) is 0 Å². The van der Waals surface area contributed by atoms with Gasteiger partial charge in [0.1, 0.15) is 5.58 Å². The maximum absolute atomic E-state index is 12.5. The lowest BCUT2D eigenvalue weighted by Gasteiger charge is -2.11. The van der Waals surface area contributed by atoms with Crippen molar-refractivity contribution in [3.63, 3.8) is 0 Å². The summed E-state index contributed by atoms with van der Waals surface area (Å²) in [5.41, 5.74) is 6.68. The van der Waals surface area contributed by atoms with Gasteiger partial charge in [0.25, 0.3) is 0 Å². The van der Waals surface area contributed by atoms with E-state index in [9.17, 15) is 4.79 Å². The number of halogens is 4. The molecule has 0 saturated carbocycles. The van der Waals surface area contributed by atoms with Gasteiger partial charge in [-0.3, -0.25) is 4.79 Å². The molecule has 0 bridgehead atoms. The van der Waals surface area contributed by atoms with Crippen molar-refractivity contribution in [3.8, 4) is 5.69 Å². The Morgan fingerprint density at radius 2 is 1.90 bits per heavy atom. The zero-order valence-corrected chi connectivity index (χ0v) is 21.0. The number of aromatic nitrogens is 1. The van der Waals surface area contributed by atoms with Crippen LogP contribution in [0.1, 0.15) is 27.5 Å². The smallest absolute Gasteiger partial charge is 0.307 e. The van der Waals surface area contributed by atoms with Gasteiger partial charge in [-0.25, -0.2) is 5.43 Å². The van der Waals surface area contributed by atoms with Crippen LogP contribution in [0.3, 0.4) is 0 Å². The normalized spacial score (nSPS) is 11.5. The molecule has 2 aromatic heterocycles. The largest absolute Gasteiger partial charge is 0.450 e. The molecule has 1 N–H and O–H groups in total. The Balaban J connectivity index is 1.56. The molecule has 0 unspecified atom stereocenters. The first-order chi connectivity index (χ1) is 14.7. The molecule has 31 heavy (non-hydrogen) atoms. The summed E-state index contributed by atoms with van der Waals surface area (Å²) in [6.45, 7) is 3.92. The molecule has 0 saturated heterocycles. The first-order valence-electron chi connectivity index (χ1n) is 9.11. The maximum atomic E-state index is 12.5. The van der Waals surface area contributed by atoms with Crippen LogP contribution in [0.15, 0.2) is 60.9 Å². The topological polar surface area (TPSA) is 59.5 Å². The van der Waals surface area contributed by atoms with Gasteiger partial charge < -0.3 is 8.98 Å². The summed E-state index contributed by atoms with van der Waals surface area (Å²) in [4.78, 5) is 12.5.